The molecule has 4 rings (SSSR count). The summed E-state index contributed by atoms with van der Waals surface area (Å²) in [6.07, 6.45) is 3.11. The van der Waals surface area contributed by atoms with Crippen LogP contribution in [0.4, 0.5) is 0 Å². The number of aromatic nitrogens is 4. The first-order valence-electron chi connectivity index (χ1n) is 9.93. The van der Waals surface area contributed by atoms with Crippen molar-refractivity contribution < 1.29 is 4.79 Å². The van der Waals surface area contributed by atoms with Crippen LogP contribution in [0.15, 0.2) is 41.3 Å². The topological polar surface area (TPSA) is 83.9 Å². The molecular weight excluding hydrogens is 366 g/mol. The Bertz CT molecular complexity index is 1110. The number of rotatable bonds is 4. The van der Waals surface area contributed by atoms with Gasteiger partial charge in [-0.05, 0) is 36.8 Å². The van der Waals surface area contributed by atoms with Crippen molar-refractivity contribution in [2.45, 2.75) is 40.2 Å². The highest BCUT2D eigenvalue weighted by Crippen LogP contribution is 2.23. The quantitative estimate of drug-likeness (QED) is 0.741. The highest BCUT2D eigenvalue weighted by Gasteiger charge is 2.27. The van der Waals surface area contributed by atoms with E-state index in [-0.39, 0.29) is 11.5 Å². The van der Waals surface area contributed by atoms with E-state index in [0.717, 1.165) is 12.1 Å². The number of hydrogen-bond acceptors (Lipinski definition) is 4. The summed E-state index contributed by atoms with van der Waals surface area (Å²) in [5.74, 6) is 0.626. The Hall–Kier alpha value is -3.22. The van der Waals surface area contributed by atoms with Crippen molar-refractivity contribution in [3.05, 3.63) is 75.0 Å². The lowest BCUT2D eigenvalue weighted by Crippen LogP contribution is -2.36. The molecule has 0 spiro atoms. The number of H-pyrrole nitrogens is 1. The first-order valence-corrected chi connectivity index (χ1v) is 9.93. The molecule has 0 radical (unpaired) electrons. The third kappa shape index (κ3) is 3.85. The molecule has 1 amide bonds. The van der Waals surface area contributed by atoms with Gasteiger partial charge in [-0.3, -0.25) is 14.6 Å². The zero-order valence-electron chi connectivity index (χ0n) is 17.0. The second kappa shape index (κ2) is 7.66. The Morgan fingerprint density at radius 3 is 2.72 bits per heavy atom. The highest BCUT2D eigenvalue weighted by atomic mass is 16.2. The second-order valence-corrected chi connectivity index (χ2v) is 7.97. The molecule has 7 nitrogen and oxygen atoms in total. The fraction of sp³-hybridized carbons (Fsp3) is 0.364. The van der Waals surface area contributed by atoms with Gasteiger partial charge in [0.25, 0.3) is 11.5 Å². The van der Waals surface area contributed by atoms with Gasteiger partial charge in [0.1, 0.15) is 0 Å². The van der Waals surface area contributed by atoms with Crippen molar-refractivity contribution in [3.8, 4) is 5.95 Å². The molecule has 7 heteroatoms. The van der Waals surface area contributed by atoms with Crippen LogP contribution >= 0.6 is 0 Å². The second-order valence-electron chi connectivity index (χ2n) is 7.97. The van der Waals surface area contributed by atoms with Gasteiger partial charge in [0.2, 0.25) is 5.95 Å². The summed E-state index contributed by atoms with van der Waals surface area (Å²) in [5, 5.41) is 4.42. The first kappa shape index (κ1) is 19.1. The molecule has 3 heterocycles. The Morgan fingerprint density at radius 1 is 1.24 bits per heavy atom. The first-order chi connectivity index (χ1) is 13.9. The van der Waals surface area contributed by atoms with Gasteiger partial charge in [-0.15, -0.1) is 0 Å². The molecule has 0 saturated heterocycles. The summed E-state index contributed by atoms with van der Waals surface area (Å²) in [5.41, 5.74) is 4.21. The maximum atomic E-state index is 13.4. The average molecular weight is 391 g/mol. The average Bonchev–Trinajstić information content (AvgIpc) is 3.09. The molecule has 1 N–H and O–H groups in total. The maximum absolute atomic E-state index is 13.4. The summed E-state index contributed by atoms with van der Waals surface area (Å²) in [6, 6.07) is 9.69. The predicted octanol–water partition coefficient (Wildman–Crippen LogP) is 2.66. The highest BCUT2D eigenvalue weighted by molar-refractivity contribution is 5.95. The van der Waals surface area contributed by atoms with Crippen molar-refractivity contribution in [2.24, 2.45) is 5.92 Å². The smallest absolute Gasteiger partial charge is 0.257 e. The number of hydrogen-bond donors (Lipinski definition) is 1. The number of carbonyl (C=O) groups excluding carboxylic acids is 1. The zero-order chi connectivity index (χ0) is 20.5. The number of nitrogens with zero attached hydrogens (tertiary/aromatic N) is 4. The summed E-state index contributed by atoms with van der Waals surface area (Å²) in [4.78, 5) is 34.3. The van der Waals surface area contributed by atoms with Crippen LogP contribution in [-0.4, -0.2) is 37.1 Å². The molecule has 0 fully saturated rings. The van der Waals surface area contributed by atoms with Crippen LogP contribution in [0.2, 0.25) is 0 Å². The molecule has 1 aliphatic heterocycles. The third-order valence-electron chi connectivity index (χ3n) is 5.18. The molecule has 3 aromatic rings. The number of aryl methyl sites for hydroxylation is 1. The Kier molecular flexibility index (Phi) is 5.05. The van der Waals surface area contributed by atoms with Crippen LogP contribution in [0.5, 0.6) is 0 Å². The standard InChI is InChI=1S/C22H25N5O2/c1-14(2)10-19-18(12-23-27(19)22-24-15(3)11-20(28)25-22)21(29)26-9-8-16-6-4-5-7-17(16)13-26/h4-7,11-12,14H,8-10,13H2,1-3H3,(H,24,25,28). The zero-order valence-corrected chi connectivity index (χ0v) is 17.0. The minimum atomic E-state index is -0.237. The Balaban J connectivity index is 1.71. The van der Waals surface area contributed by atoms with Gasteiger partial charge >= 0.3 is 0 Å². The lowest BCUT2D eigenvalue weighted by molar-refractivity contribution is 0.0733. The van der Waals surface area contributed by atoms with Crippen molar-refractivity contribution in [1.82, 2.24) is 24.6 Å². The van der Waals surface area contributed by atoms with E-state index in [2.05, 4.69) is 41.0 Å². The van der Waals surface area contributed by atoms with Gasteiger partial charge in [-0.25, -0.2) is 9.67 Å². The van der Waals surface area contributed by atoms with E-state index in [0.29, 0.717) is 42.6 Å². The molecule has 1 aliphatic rings. The number of aromatic amines is 1. The van der Waals surface area contributed by atoms with Gasteiger partial charge < -0.3 is 4.90 Å². The SMILES string of the molecule is Cc1cc(=O)[nH]c(-n2ncc(C(=O)N3CCc4ccccc4C3)c2CC(C)C)n1. The predicted molar refractivity (Wildman–Crippen MR) is 110 cm³/mol. The van der Waals surface area contributed by atoms with Crippen LogP contribution < -0.4 is 5.56 Å². The van der Waals surface area contributed by atoms with Gasteiger partial charge in [0.15, 0.2) is 0 Å². The minimum absolute atomic E-state index is 0.0311. The summed E-state index contributed by atoms with van der Waals surface area (Å²) in [7, 11) is 0. The summed E-state index contributed by atoms with van der Waals surface area (Å²) >= 11 is 0. The van der Waals surface area contributed by atoms with Crippen molar-refractivity contribution in [2.75, 3.05) is 6.54 Å². The summed E-state index contributed by atoms with van der Waals surface area (Å²) < 4.78 is 1.60. The molecule has 150 valence electrons. The third-order valence-corrected chi connectivity index (χ3v) is 5.18. The summed E-state index contributed by atoms with van der Waals surface area (Å²) in [6.45, 7) is 7.23. The van der Waals surface area contributed by atoms with E-state index < -0.39 is 0 Å². The van der Waals surface area contributed by atoms with Crippen molar-refractivity contribution >= 4 is 5.91 Å². The van der Waals surface area contributed by atoms with Crippen LogP contribution in [-0.2, 0) is 19.4 Å². The number of nitrogens with one attached hydrogen (secondary N) is 1. The molecule has 1 aromatic carbocycles. The molecule has 0 aliphatic carbocycles. The molecular formula is C22H25N5O2. The van der Waals surface area contributed by atoms with Crippen LogP contribution in [0.1, 0.15) is 46.7 Å². The van der Waals surface area contributed by atoms with Gasteiger partial charge in [0, 0.05) is 24.8 Å². The van der Waals surface area contributed by atoms with Gasteiger partial charge in [0.05, 0.1) is 17.5 Å². The maximum Gasteiger partial charge on any atom is 0.257 e. The van der Waals surface area contributed by atoms with E-state index in [1.165, 1.54) is 17.2 Å². The lowest BCUT2D eigenvalue weighted by atomic mass is 9.98. The molecule has 29 heavy (non-hydrogen) atoms. The number of benzene rings is 1. The fourth-order valence-corrected chi connectivity index (χ4v) is 3.82. The molecule has 0 atom stereocenters. The van der Waals surface area contributed by atoms with Crippen LogP contribution in [0, 0.1) is 12.8 Å². The van der Waals surface area contributed by atoms with Crippen molar-refractivity contribution in [1.29, 1.82) is 0 Å². The van der Waals surface area contributed by atoms with E-state index >= 15 is 0 Å². The number of carbonyl (C=O) groups is 1. The van der Waals surface area contributed by atoms with E-state index in [4.69, 9.17) is 0 Å². The normalized spacial score (nSPS) is 13.6. The Labute approximate surface area is 169 Å². The number of fused-ring (bicyclic) bond motifs is 1. The molecule has 0 unspecified atom stereocenters. The largest absolute Gasteiger partial charge is 0.334 e. The monoisotopic (exact) mass is 391 g/mol. The molecule has 2 aromatic heterocycles. The van der Waals surface area contributed by atoms with Crippen LogP contribution in [0.3, 0.4) is 0 Å². The van der Waals surface area contributed by atoms with Gasteiger partial charge in [-0.2, -0.15) is 5.10 Å². The number of amides is 1. The van der Waals surface area contributed by atoms with E-state index in [9.17, 15) is 9.59 Å². The molecule has 0 bridgehead atoms. The minimum Gasteiger partial charge on any atom is -0.334 e. The lowest BCUT2D eigenvalue weighted by Gasteiger charge is -2.29. The van der Waals surface area contributed by atoms with Gasteiger partial charge in [-0.1, -0.05) is 38.1 Å². The molecule has 0 saturated carbocycles. The Morgan fingerprint density at radius 2 is 2.00 bits per heavy atom. The van der Waals surface area contributed by atoms with Crippen molar-refractivity contribution in [3.63, 3.8) is 0 Å². The van der Waals surface area contributed by atoms with E-state index in [1.807, 2.05) is 17.0 Å². The van der Waals surface area contributed by atoms with E-state index in [1.54, 1.807) is 17.8 Å². The fourth-order valence-electron chi connectivity index (χ4n) is 3.82. The van der Waals surface area contributed by atoms with Crippen LogP contribution in [0.25, 0.3) is 5.95 Å².